The van der Waals surface area contributed by atoms with Crippen molar-refractivity contribution in [2.75, 3.05) is 13.7 Å². The maximum atomic E-state index is 12.0. The summed E-state index contributed by atoms with van der Waals surface area (Å²) in [5.74, 6) is -3.58. The molecule has 0 aromatic heterocycles. The Hall–Kier alpha value is -1.89. The summed E-state index contributed by atoms with van der Waals surface area (Å²) < 4.78 is 10.1. The van der Waals surface area contributed by atoms with E-state index in [1.54, 1.807) is 0 Å². The molecule has 1 aliphatic rings. The van der Waals surface area contributed by atoms with E-state index in [1.807, 2.05) is 0 Å². The van der Waals surface area contributed by atoms with E-state index in [4.69, 9.17) is 14.6 Å². The van der Waals surface area contributed by atoms with E-state index in [9.17, 15) is 19.5 Å². The Morgan fingerprint density at radius 3 is 2.27 bits per heavy atom. The Bertz CT molecular complexity index is 451. The first-order valence-electron chi connectivity index (χ1n) is 7.18. The molecule has 1 atom stereocenters. The van der Waals surface area contributed by atoms with E-state index < -0.39 is 35.3 Å². The average Bonchev–Trinajstić information content (AvgIpc) is 2.94. The van der Waals surface area contributed by atoms with Gasteiger partial charge in [0.05, 0.1) is 6.42 Å². The maximum absolute atomic E-state index is 12.0. The summed E-state index contributed by atoms with van der Waals surface area (Å²) in [6.45, 7) is 3.34. The fourth-order valence-electron chi connectivity index (χ4n) is 2.62. The van der Waals surface area contributed by atoms with Crippen molar-refractivity contribution < 1.29 is 34.1 Å². The number of carboxylic acids is 2. The van der Waals surface area contributed by atoms with Gasteiger partial charge in [-0.15, -0.1) is 0 Å². The lowest BCUT2D eigenvalue weighted by molar-refractivity contribution is -0.161. The topological polar surface area (TPSA) is 110 Å². The van der Waals surface area contributed by atoms with Gasteiger partial charge in [-0.3, -0.25) is 9.59 Å². The van der Waals surface area contributed by atoms with E-state index in [-0.39, 0.29) is 19.1 Å². The van der Waals surface area contributed by atoms with Gasteiger partial charge in [0.1, 0.15) is 11.5 Å². The second-order valence-corrected chi connectivity index (χ2v) is 5.49. The first-order valence-corrected chi connectivity index (χ1v) is 7.18. The van der Waals surface area contributed by atoms with Crippen LogP contribution in [0.5, 0.6) is 0 Å². The lowest BCUT2D eigenvalue weighted by Crippen LogP contribution is -2.40. The van der Waals surface area contributed by atoms with Crippen molar-refractivity contribution in [1.82, 2.24) is 0 Å². The average molecular weight is 314 g/mol. The molecular formula is C15H22O7. The number of ether oxygens (including phenoxy) is 2. The smallest absolute Gasteiger partial charge is 0.332 e. The number of carboxylic acid groups (broad SMARTS) is 2. The highest BCUT2D eigenvalue weighted by atomic mass is 16.5. The fourth-order valence-corrected chi connectivity index (χ4v) is 2.62. The molecule has 7 heteroatoms. The molecule has 124 valence electrons. The molecule has 0 aromatic rings. The normalized spacial score (nSPS) is 17.7. The minimum atomic E-state index is -1.92. The molecule has 0 radical (unpaired) electrons. The quantitative estimate of drug-likeness (QED) is 0.491. The number of hydrogen-bond acceptors (Lipinski definition) is 5. The lowest BCUT2D eigenvalue weighted by atomic mass is 9.75. The highest BCUT2D eigenvalue weighted by Crippen LogP contribution is 2.36. The number of methoxy groups -OCH3 is 1. The number of hydrogen-bond donors (Lipinski definition) is 2. The molecule has 22 heavy (non-hydrogen) atoms. The van der Waals surface area contributed by atoms with Gasteiger partial charge in [0.25, 0.3) is 0 Å². The molecule has 0 saturated heterocycles. The third-order valence-electron chi connectivity index (χ3n) is 4.02. The SMILES string of the molecule is C=C(C(=O)O)C(CCOC)(CC(=O)OC1CCCC1)C(=O)O. The predicted octanol–water partition coefficient (Wildman–Crippen LogP) is 1.61. The zero-order valence-electron chi connectivity index (χ0n) is 12.7. The predicted molar refractivity (Wildman–Crippen MR) is 76.3 cm³/mol. The van der Waals surface area contributed by atoms with Crippen molar-refractivity contribution in [1.29, 1.82) is 0 Å². The van der Waals surface area contributed by atoms with E-state index in [0.29, 0.717) is 0 Å². The van der Waals surface area contributed by atoms with E-state index in [2.05, 4.69) is 6.58 Å². The first-order chi connectivity index (χ1) is 10.3. The van der Waals surface area contributed by atoms with Gasteiger partial charge in [-0.2, -0.15) is 0 Å². The standard InChI is InChI=1S/C15H22O7/c1-10(13(17)18)15(14(19)20,7-8-21-2)9-12(16)22-11-5-3-4-6-11/h11H,1,3-9H2,2H3,(H,17,18)(H,19,20). The molecule has 0 heterocycles. The van der Waals surface area contributed by atoms with Gasteiger partial charge in [-0.25, -0.2) is 4.79 Å². The summed E-state index contributed by atoms with van der Waals surface area (Å²) >= 11 is 0. The van der Waals surface area contributed by atoms with E-state index >= 15 is 0 Å². The zero-order chi connectivity index (χ0) is 16.8. The van der Waals surface area contributed by atoms with Gasteiger partial charge in [0.15, 0.2) is 0 Å². The molecule has 1 fully saturated rings. The highest BCUT2D eigenvalue weighted by Gasteiger charge is 2.46. The molecule has 0 aliphatic heterocycles. The van der Waals surface area contributed by atoms with Crippen LogP contribution in [0.1, 0.15) is 38.5 Å². The van der Waals surface area contributed by atoms with Crippen LogP contribution in [-0.2, 0) is 23.9 Å². The van der Waals surface area contributed by atoms with Crippen LogP contribution in [0.4, 0.5) is 0 Å². The minimum absolute atomic E-state index is 0.00465. The number of aliphatic carboxylic acids is 2. The van der Waals surface area contributed by atoms with Crippen molar-refractivity contribution in [2.45, 2.75) is 44.6 Å². The van der Waals surface area contributed by atoms with Crippen molar-refractivity contribution in [2.24, 2.45) is 5.41 Å². The Labute approximate surface area is 128 Å². The highest BCUT2D eigenvalue weighted by molar-refractivity contribution is 5.98. The molecule has 1 unspecified atom stereocenters. The zero-order valence-corrected chi connectivity index (χ0v) is 12.7. The second-order valence-electron chi connectivity index (χ2n) is 5.49. The minimum Gasteiger partial charge on any atom is -0.481 e. The number of rotatable bonds is 9. The summed E-state index contributed by atoms with van der Waals surface area (Å²) in [4.78, 5) is 34.9. The molecule has 1 aliphatic carbocycles. The Balaban J connectivity index is 2.91. The molecule has 0 amide bonds. The van der Waals surface area contributed by atoms with Crippen LogP contribution in [0.15, 0.2) is 12.2 Å². The second kappa shape index (κ2) is 7.93. The lowest BCUT2D eigenvalue weighted by Gasteiger charge is -2.29. The Morgan fingerprint density at radius 1 is 1.23 bits per heavy atom. The van der Waals surface area contributed by atoms with Gasteiger partial charge in [-0.05, 0) is 32.1 Å². The van der Waals surface area contributed by atoms with Gasteiger partial charge in [-0.1, -0.05) is 6.58 Å². The van der Waals surface area contributed by atoms with Gasteiger partial charge in [0, 0.05) is 19.3 Å². The van der Waals surface area contributed by atoms with Gasteiger partial charge in [0.2, 0.25) is 0 Å². The van der Waals surface area contributed by atoms with Gasteiger partial charge >= 0.3 is 17.9 Å². The first kappa shape index (κ1) is 18.2. The van der Waals surface area contributed by atoms with Crippen LogP contribution in [0.25, 0.3) is 0 Å². The molecular weight excluding hydrogens is 292 g/mol. The third-order valence-corrected chi connectivity index (χ3v) is 4.02. The number of carbonyl (C=O) groups excluding carboxylic acids is 1. The summed E-state index contributed by atoms with van der Waals surface area (Å²) in [6, 6.07) is 0. The number of carbonyl (C=O) groups is 3. The van der Waals surface area contributed by atoms with Crippen LogP contribution < -0.4 is 0 Å². The third kappa shape index (κ3) is 4.30. The van der Waals surface area contributed by atoms with Gasteiger partial charge < -0.3 is 19.7 Å². The van der Waals surface area contributed by atoms with Crippen molar-refractivity contribution in [3.8, 4) is 0 Å². The molecule has 0 spiro atoms. The number of esters is 1. The molecule has 1 rings (SSSR count). The molecule has 0 aromatic carbocycles. The van der Waals surface area contributed by atoms with Crippen LogP contribution in [0, 0.1) is 5.41 Å². The van der Waals surface area contributed by atoms with Crippen LogP contribution in [0.2, 0.25) is 0 Å². The summed E-state index contributed by atoms with van der Waals surface area (Å²) in [6.07, 6.45) is 2.51. The fraction of sp³-hybridized carbons (Fsp3) is 0.667. The summed E-state index contributed by atoms with van der Waals surface area (Å²) in [7, 11) is 1.37. The molecule has 2 N–H and O–H groups in total. The Kier molecular flexibility index (Phi) is 6.55. The Morgan fingerprint density at radius 2 is 1.82 bits per heavy atom. The van der Waals surface area contributed by atoms with Crippen molar-refractivity contribution in [3.63, 3.8) is 0 Å². The van der Waals surface area contributed by atoms with Crippen molar-refractivity contribution in [3.05, 3.63) is 12.2 Å². The maximum Gasteiger partial charge on any atom is 0.332 e. The van der Waals surface area contributed by atoms with Crippen molar-refractivity contribution >= 4 is 17.9 Å². The summed E-state index contributed by atoms with van der Waals surface area (Å²) in [5, 5.41) is 18.6. The summed E-state index contributed by atoms with van der Waals surface area (Å²) in [5.41, 5.74) is -2.46. The van der Waals surface area contributed by atoms with E-state index in [0.717, 1.165) is 25.7 Å². The molecule has 0 bridgehead atoms. The molecule has 7 nitrogen and oxygen atoms in total. The van der Waals surface area contributed by atoms with Crippen LogP contribution in [0.3, 0.4) is 0 Å². The van der Waals surface area contributed by atoms with E-state index in [1.165, 1.54) is 7.11 Å². The monoisotopic (exact) mass is 314 g/mol. The van der Waals surface area contributed by atoms with Crippen LogP contribution in [-0.4, -0.2) is 47.9 Å². The largest absolute Gasteiger partial charge is 0.481 e. The van der Waals surface area contributed by atoms with Crippen LogP contribution >= 0.6 is 0 Å². The molecule has 1 saturated carbocycles.